The predicted molar refractivity (Wildman–Crippen MR) is 98.5 cm³/mol. The summed E-state index contributed by atoms with van der Waals surface area (Å²) in [6, 6.07) is 8.90. The molecule has 2 amide bonds. The van der Waals surface area contributed by atoms with Crippen molar-refractivity contribution in [2.45, 2.75) is 46.8 Å². The first-order valence-electron chi connectivity index (χ1n) is 9.38. The van der Waals surface area contributed by atoms with E-state index in [1.165, 1.54) is 4.90 Å². The van der Waals surface area contributed by atoms with Crippen LogP contribution >= 0.6 is 0 Å². The van der Waals surface area contributed by atoms with Crippen LogP contribution in [0.4, 0.5) is 4.79 Å². The molecule has 2 fully saturated rings. The van der Waals surface area contributed by atoms with E-state index in [-0.39, 0.29) is 18.6 Å². The summed E-state index contributed by atoms with van der Waals surface area (Å²) in [7, 11) is 0. The van der Waals surface area contributed by atoms with E-state index in [9.17, 15) is 14.4 Å². The molecule has 2 aliphatic rings. The third kappa shape index (κ3) is 3.45. The Hall–Kier alpha value is -2.37. The summed E-state index contributed by atoms with van der Waals surface area (Å²) in [5, 5.41) is 0. The van der Waals surface area contributed by atoms with Crippen molar-refractivity contribution in [2.24, 2.45) is 23.2 Å². The number of esters is 1. The van der Waals surface area contributed by atoms with E-state index in [0.717, 1.165) is 5.56 Å². The predicted octanol–water partition coefficient (Wildman–Crippen LogP) is 3.57. The first-order chi connectivity index (χ1) is 12.6. The van der Waals surface area contributed by atoms with Crippen molar-refractivity contribution in [3.63, 3.8) is 0 Å². The van der Waals surface area contributed by atoms with Gasteiger partial charge >= 0.3 is 12.1 Å². The van der Waals surface area contributed by atoms with Crippen LogP contribution in [0.5, 0.6) is 0 Å². The summed E-state index contributed by atoms with van der Waals surface area (Å²) in [6.07, 6.45) is -1.35. The SMILES string of the molecule is CC(C)[C@H]1COC(=O)N1C(=O)[C@@H]1[C@H](c2ccccc2)OC(=O)[C@@H]1C(C)(C)C. The molecule has 6 nitrogen and oxygen atoms in total. The highest BCUT2D eigenvalue weighted by Gasteiger charge is 2.57. The molecule has 0 spiro atoms. The molecular weight excluding hydrogens is 346 g/mol. The number of hydrogen-bond acceptors (Lipinski definition) is 5. The lowest BCUT2D eigenvalue weighted by Crippen LogP contribution is -2.48. The highest BCUT2D eigenvalue weighted by molar-refractivity contribution is 5.98. The van der Waals surface area contributed by atoms with Crippen molar-refractivity contribution < 1.29 is 23.9 Å². The summed E-state index contributed by atoms with van der Waals surface area (Å²) < 4.78 is 10.8. The average molecular weight is 373 g/mol. The summed E-state index contributed by atoms with van der Waals surface area (Å²) in [4.78, 5) is 39.8. The zero-order valence-corrected chi connectivity index (χ0v) is 16.5. The normalized spacial score (nSPS) is 28.4. The van der Waals surface area contributed by atoms with Gasteiger partial charge in [0.15, 0.2) is 0 Å². The lowest BCUT2D eigenvalue weighted by molar-refractivity contribution is -0.147. The van der Waals surface area contributed by atoms with E-state index in [4.69, 9.17) is 9.47 Å². The third-order valence-electron chi connectivity index (χ3n) is 5.44. The van der Waals surface area contributed by atoms with Gasteiger partial charge in [-0.2, -0.15) is 0 Å². The standard InChI is InChI=1S/C21H27NO5/c1-12(2)14-11-26-20(25)22(14)18(23)15-16(21(3,4)5)19(24)27-17(15)13-9-7-6-8-10-13/h6-10,12,14-17H,11H2,1-5H3/t14-,15+,16-,17+/m1/s1. The number of nitrogens with zero attached hydrogens (tertiary/aromatic N) is 1. The van der Waals surface area contributed by atoms with Gasteiger partial charge in [-0.05, 0) is 16.9 Å². The summed E-state index contributed by atoms with van der Waals surface area (Å²) >= 11 is 0. The van der Waals surface area contributed by atoms with Crippen LogP contribution < -0.4 is 0 Å². The largest absolute Gasteiger partial charge is 0.456 e. The van der Waals surface area contributed by atoms with E-state index in [1.54, 1.807) is 0 Å². The van der Waals surface area contributed by atoms with Crippen LogP contribution in [0.25, 0.3) is 0 Å². The Morgan fingerprint density at radius 3 is 2.33 bits per heavy atom. The molecule has 0 bridgehead atoms. The number of imide groups is 1. The van der Waals surface area contributed by atoms with Crippen LogP contribution in [0.15, 0.2) is 30.3 Å². The van der Waals surface area contributed by atoms with Crippen LogP contribution in [0.1, 0.15) is 46.3 Å². The molecule has 0 aliphatic carbocycles. The Morgan fingerprint density at radius 2 is 1.78 bits per heavy atom. The minimum absolute atomic E-state index is 0.0571. The van der Waals surface area contributed by atoms with Crippen molar-refractivity contribution in [2.75, 3.05) is 6.61 Å². The Bertz CT molecular complexity index is 737. The average Bonchev–Trinajstić information content (AvgIpc) is 3.15. The van der Waals surface area contributed by atoms with Gasteiger partial charge in [0.05, 0.1) is 17.9 Å². The fraction of sp³-hybridized carbons (Fsp3) is 0.571. The molecule has 1 aromatic rings. The molecule has 0 saturated carbocycles. The molecule has 0 radical (unpaired) electrons. The molecule has 2 heterocycles. The Balaban J connectivity index is 2.04. The number of ether oxygens (including phenoxy) is 2. The van der Waals surface area contributed by atoms with Gasteiger partial charge in [0.25, 0.3) is 0 Å². The molecule has 2 saturated heterocycles. The van der Waals surface area contributed by atoms with Crippen molar-refractivity contribution in [3.05, 3.63) is 35.9 Å². The van der Waals surface area contributed by atoms with E-state index >= 15 is 0 Å². The van der Waals surface area contributed by atoms with Gasteiger partial charge in [-0.15, -0.1) is 0 Å². The number of rotatable bonds is 3. The van der Waals surface area contributed by atoms with Gasteiger partial charge in [0, 0.05) is 0 Å². The zero-order valence-electron chi connectivity index (χ0n) is 16.5. The maximum Gasteiger partial charge on any atom is 0.416 e. The van der Waals surface area contributed by atoms with Crippen LogP contribution in [0.2, 0.25) is 0 Å². The van der Waals surface area contributed by atoms with E-state index in [2.05, 4.69) is 0 Å². The first-order valence-corrected chi connectivity index (χ1v) is 9.38. The zero-order chi connectivity index (χ0) is 19.9. The Kier molecular flexibility index (Phi) is 5.02. The molecule has 6 heteroatoms. The fourth-order valence-corrected chi connectivity index (χ4v) is 4.02. The van der Waals surface area contributed by atoms with Crippen molar-refractivity contribution in [3.8, 4) is 0 Å². The third-order valence-corrected chi connectivity index (χ3v) is 5.44. The maximum absolute atomic E-state index is 13.6. The lowest BCUT2D eigenvalue weighted by atomic mass is 9.71. The minimum Gasteiger partial charge on any atom is -0.456 e. The summed E-state index contributed by atoms with van der Waals surface area (Å²) in [5.41, 5.74) is 0.266. The quantitative estimate of drug-likeness (QED) is 0.758. The van der Waals surface area contributed by atoms with Gasteiger partial charge in [0.2, 0.25) is 5.91 Å². The molecule has 0 unspecified atom stereocenters. The number of carbonyl (C=O) groups excluding carboxylic acids is 3. The maximum atomic E-state index is 13.6. The van der Waals surface area contributed by atoms with Gasteiger partial charge in [-0.1, -0.05) is 65.0 Å². The molecule has 27 heavy (non-hydrogen) atoms. The van der Waals surface area contributed by atoms with Crippen molar-refractivity contribution in [1.29, 1.82) is 0 Å². The van der Waals surface area contributed by atoms with Gasteiger partial charge in [-0.25, -0.2) is 9.69 Å². The summed E-state index contributed by atoms with van der Waals surface area (Å²) in [5.74, 6) is -2.15. The number of carbonyl (C=O) groups is 3. The highest BCUT2D eigenvalue weighted by Crippen LogP contribution is 2.48. The van der Waals surface area contributed by atoms with Gasteiger partial charge in [0.1, 0.15) is 12.7 Å². The molecule has 0 N–H and O–H groups in total. The Labute approximate surface area is 159 Å². The number of benzene rings is 1. The van der Waals surface area contributed by atoms with Crippen molar-refractivity contribution in [1.82, 2.24) is 4.90 Å². The topological polar surface area (TPSA) is 72.9 Å². The molecule has 0 aromatic heterocycles. The van der Waals surface area contributed by atoms with Crippen LogP contribution in [0, 0.1) is 23.2 Å². The molecule has 3 rings (SSSR count). The number of hydrogen-bond donors (Lipinski definition) is 0. The van der Waals surface area contributed by atoms with Crippen LogP contribution in [0.3, 0.4) is 0 Å². The number of amides is 2. The molecule has 2 aliphatic heterocycles. The molecular formula is C21H27NO5. The molecule has 146 valence electrons. The van der Waals surface area contributed by atoms with E-state index in [1.807, 2.05) is 65.0 Å². The van der Waals surface area contributed by atoms with Gasteiger partial charge < -0.3 is 9.47 Å². The van der Waals surface area contributed by atoms with Gasteiger partial charge in [-0.3, -0.25) is 9.59 Å². The minimum atomic E-state index is -0.771. The molecule has 1 aromatic carbocycles. The molecule has 4 atom stereocenters. The van der Waals surface area contributed by atoms with E-state index < -0.39 is 41.3 Å². The monoisotopic (exact) mass is 373 g/mol. The summed E-state index contributed by atoms with van der Waals surface area (Å²) in [6.45, 7) is 9.80. The second-order valence-electron chi connectivity index (χ2n) is 8.73. The first kappa shape index (κ1) is 19.4. The Morgan fingerprint density at radius 1 is 1.15 bits per heavy atom. The van der Waals surface area contributed by atoms with E-state index in [0.29, 0.717) is 0 Å². The fourth-order valence-electron chi connectivity index (χ4n) is 4.02. The highest BCUT2D eigenvalue weighted by atomic mass is 16.6. The number of cyclic esters (lactones) is 2. The van der Waals surface area contributed by atoms with Crippen LogP contribution in [-0.2, 0) is 19.1 Å². The lowest BCUT2D eigenvalue weighted by Gasteiger charge is -2.32. The smallest absolute Gasteiger partial charge is 0.416 e. The second kappa shape index (κ2) is 6.98. The van der Waals surface area contributed by atoms with Crippen molar-refractivity contribution >= 4 is 18.0 Å². The van der Waals surface area contributed by atoms with Crippen LogP contribution in [-0.4, -0.2) is 35.5 Å². The second-order valence-corrected chi connectivity index (χ2v) is 8.73.